The maximum Gasteiger partial charge on any atom is 0.416 e. The lowest BCUT2D eigenvalue weighted by molar-refractivity contribution is -0.137. The van der Waals surface area contributed by atoms with Gasteiger partial charge in [0.15, 0.2) is 0 Å². The van der Waals surface area contributed by atoms with Gasteiger partial charge in [-0.25, -0.2) is 8.42 Å². The first-order chi connectivity index (χ1) is 6.60. The van der Waals surface area contributed by atoms with Gasteiger partial charge in [-0.2, -0.15) is 13.2 Å². The smallest absolute Gasteiger partial charge is 0.416 e. The molecule has 3 nitrogen and oxygen atoms in total. The third-order valence-corrected chi connectivity index (χ3v) is 2.48. The molecule has 0 saturated heterocycles. The molecule has 0 atom stereocenters. The zero-order chi connectivity index (χ0) is 11.9. The summed E-state index contributed by atoms with van der Waals surface area (Å²) in [6.45, 7) is 1.28. The summed E-state index contributed by atoms with van der Waals surface area (Å²) < 4.78 is 68.3. The zero-order valence-electron chi connectivity index (χ0n) is 7.50. The van der Waals surface area contributed by atoms with Crippen molar-refractivity contribution in [2.24, 2.45) is 0 Å². The molecule has 0 unspecified atom stereocenters. The van der Waals surface area contributed by atoms with E-state index in [1.165, 1.54) is 6.92 Å². The van der Waals surface area contributed by atoms with Gasteiger partial charge in [-0.15, -0.1) is 0 Å². The van der Waals surface area contributed by atoms with Crippen LogP contribution in [0.25, 0.3) is 0 Å². The van der Waals surface area contributed by atoms with Gasteiger partial charge in [-0.3, -0.25) is 0 Å². The Morgan fingerprint density at radius 3 is 2.13 bits per heavy atom. The summed E-state index contributed by atoms with van der Waals surface area (Å²) in [5.41, 5.74) is -1.07. The highest BCUT2D eigenvalue weighted by Crippen LogP contribution is 2.31. The van der Waals surface area contributed by atoms with Crippen molar-refractivity contribution in [3.05, 3.63) is 29.3 Å². The van der Waals surface area contributed by atoms with Crippen LogP contribution in [0.15, 0.2) is 23.1 Å². The van der Waals surface area contributed by atoms with E-state index in [4.69, 9.17) is 0 Å². The fraction of sp³-hybridized carbons (Fsp3) is 0.250. The summed E-state index contributed by atoms with van der Waals surface area (Å²) in [7, 11) is -4.86. The molecule has 0 saturated carbocycles. The summed E-state index contributed by atoms with van der Waals surface area (Å²) >= 11 is 0. The number of hydrogen-bond acceptors (Lipinski definition) is 3. The van der Waals surface area contributed by atoms with Crippen LogP contribution in [0.2, 0.25) is 0 Å². The third kappa shape index (κ3) is 2.93. The molecule has 0 bridgehead atoms. The first-order valence-electron chi connectivity index (χ1n) is 3.75. The van der Waals surface area contributed by atoms with Crippen molar-refractivity contribution in [1.82, 2.24) is 0 Å². The van der Waals surface area contributed by atoms with Crippen molar-refractivity contribution in [2.45, 2.75) is 18.0 Å². The van der Waals surface area contributed by atoms with Crippen LogP contribution in [0, 0.1) is 6.92 Å². The minimum atomic E-state index is -4.86. The fourth-order valence-corrected chi connectivity index (χ4v) is 1.66. The summed E-state index contributed by atoms with van der Waals surface area (Å²) in [6.07, 6.45) is -4.66. The second-order valence-corrected chi connectivity index (χ2v) is 4.37. The van der Waals surface area contributed by atoms with E-state index in [-0.39, 0.29) is 5.56 Å². The number of alkyl halides is 3. The molecule has 1 rings (SSSR count). The van der Waals surface area contributed by atoms with Crippen molar-refractivity contribution < 1.29 is 26.1 Å². The van der Waals surface area contributed by atoms with Crippen molar-refractivity contribution in [3.63, 3.8) is 0 Å². The van der Waals surface area contributed by atoms with E-state index in [9.17, 15) is 26.1 Å². The molecule has 1 aromatic rings. The van der Waals surface area contributed by atoms with Gasteiger partial charge < -0.3 is 4.55 Å². The van der Waals surface area contributed by atoms with Crippen molar-refractivity contribution >= 4 is 10.1 Å². The quantitative estimate of drug-likeness (QED) is 0.703. The molecule has 0 aromatic heterocycles. The molecule has 0 amide bonds. The molecule has 0 N–H and O–H groups in total. The average molecular weight is 239 g/mol. The molecular weight excluding hydrogens is 233 g/mol. The second-order valence-electron chi connectivity index (χ2n) is 2.99. The molecule has 15 heavy (non-hydrogen) atoms. The molecular formula is C8H6F3O3S-. The van der Waals surface area contributed by atoms with Gasteiger partial charge in [0, 0.05) is 0 Å². The Balaban J connectivity index is 3.43. The van der Waals surface area contributed by atoms with Crippen LogP contribution in [0.5, 0.6) is 0 Å². The highest BCUT2D eigenvalue weighted by Gasteiger charge is 2.31. The van der Waals surface area contributed by atoms with Gasteiger partial charge in [0.25, 0.3) is 0 Å². The zero-order valence-corrected chi connectivity index (χ0v) is 8.32. The SMILES string of the molecule is Cc1cc(C(F)(F)F)cc(S(=O)(=O)[O-])c1. The van der Waals surface area contributed by atoms with E-state index >= 15 is 0 Å². The van der Waals surface area contributed by atoms with E-state index < -0.39 is 26.8 Å². The first kappa shape index (κ1) is 12.0. The lowest BCUT2D eigenvalue weighted by Gasteiger charge is -2.12. The predicted octanol–water partition coefficient (Wildman–Crippen LogP) is 1.92. The normalized spacial score (nSPS) is 12.9. The lowest BCUT2D eigenvalue weighted by atomic mass is 10.1. The minimum Gasteiger partial charge on any atom is -0.744 e. The van der Waals surface area contributed by atoms with Crippen LogP contribution in [0.4, 0.5) is 13.2 Å². The van der Waals surface area contributed by atoms with Crippen LogP contribution in [-0.2, 0) is 16.3 Å². The Morgan fingerprint density at radius 1 is 1.20 bits per heavy atom. The Labute approximate surface area is 84.3 Å². The molecule has 0 heterocycles. The molecule has 84 valence electrons. The molecule has 1 aromatic carbocycles. The molecule has 0 aliphatic heterocycles. The number of benzene rings is 1. The lowest BCUT2D eigenvalue weighted by Crippen LogP contribution is -2.08. The Morgan fingerprint density at radius 2 is 1.73 bits per heavy atom. The maximum atomic E-state index is 12.2. The highest BCUT2D eigenvalue weighted by molar-refractivity contribution is 7.85. The van der Waals surface area contributed by atoms with E-state index in [0.717, 1.165) is 12.1 Å². The number of hydrogen-bond donors (Lipinski definition) is 0. The van der Waals surface area contributed by atoms with Gasteiger partial charge >= 0.3 is 6.18 Å². The van der Waals surface area contributed by atoms with Gasteiger partial charge in [-0.1, -0.05) is 0 Å². The summed E-state index contributed by atoms with van der Waals surface area (Å²) in [6, 6.07) is 2.00. The second kappa shape index (κ2) is 3.49. The Hall–Kier alpha value is -1.08. The number of aryl methyl sites for hydroxylation is 1. The third-order valence-electron chi connectivity index (χ3n) is 1.67. The van der Waals surface area contributed by atoms with Gasteiger partial charge in [-0.05, 0) is 30.7 Å². The van der Waals surface area contributed by atoms with Crippen LogP contribution in [0.1, 0.15) is 11.1 Å². The van der Waals surface area contributed by atoms with Gasteiger partial charge in [0.1, 0.15) is 10.1 Å². The highest BCUT2D eigenvalue weighted by atomic mass is 32.2. The number of halogens is 3. The topological polar surface area (TPSA) is 57.2 Å². The van der Waals surface area contributed by atoms with E-state index in [2.05, 4.69) is 0 Å². The van der Waals surface area contributed by atoms with Crippen LogP contribution < -0.4 is 0 Å². The average Bonchev–Trinajstić information content (AvgIpc) is 1.99. The van der Waals surface area contributed by atoms with Crippen molar-refractivity contribution in [3.8, 4) is 0 Å². The summed E-state index contributed by atoms with van der Waals surface area (Å²) in [5.74, 6) is 0. The van der Waals surface area contributed by atoms with Crippen LogP contribution >= 0.6 is 0 Å². The van der Waals surface area contributed by atoms with E-state index in [0.29, 0.717) is 6.07 Å². The molecule has 7 heteroatoms. The largest absolute Gasteiger partial charge is 0.744 e. The van der Waals surface area contributed by atoms with Crippen LogP contribution in [0.3, 0.4) is 0 Å². The van der Waals surface area contributed by atoms with Crippen molar-refractivity contribution in [2.75, 3.05) is 0 Å². The summed E-state index contributed by atoms with van der Waals surface area (Å²) in [5, 5.41) is 0. The van der Waals surface area contributed by atoms with Crippen molar-refractivity contribution in [1.29, 1.82) is 0 Å². The van der Waals surface area contributed by atoms with Gasteiger partial charge in [0.05, 0.1) is 10.5 Å². The van der Waals surface area contributed by atoms with E-state index in [1.807, 2.05) is 0 Å². The monoisotopic (exact) mass is 239 g/mol. The standard InChI is InChI=1S/C8H7F3O3S/c1-5-2-6(8(9,10)11)4-7(3-5)15(12,13)14/h2-4H,1H3,(H,12,13,14)/p-1. The first-order valence-corrected chi connectivity index (χ1v) is 5.16. The molecule has 0 spiro atoms. The maximum absolute atomic E-state index is 12.2. The van der Waals surface area contributed by atoms with E-state index in [1.54, 1.807) is 0 Å². The minimum absolute atomic E-state index is 0.0688. The van der Waals surface area contributed by atoms with Gasteiger partial charge in [0.2, 0.25) is 0 Å². The predicted molar refractivity (Wildman–Crippen MR) is 44.1 cm³/mol. The fourth-order valence-electron chi connectivity index (χ4n) is 1.06. The molecule has 0 radical (unpaired) electrons. The number of rotatable bonds is 1. The molecule has 0 aliphatic rings. The summed E-state index contributed by atoms with van der Waals surface area (Å²) in [4.78, 5) is -0.866. The Bertz CT molecular complexity index is 476. The Kier molecular flexibility index (Phi) is 2.79. The molecule has 0 aliphatic carbocycles. The van der Waals surface area contributed by atoms with Crippen LogP contribution in [-0.4, -0.2) is 13.0 Å². The molecule has 0 fully saturated rings.